The molecular weight excluding hydrogens is 454 g/mol. The molecule has 0 aliphatic carbocycles. The molecule has 32 heavy (non-hydrogen) atoms. The van der Waals surface area contributed by atoms with Crippen LogP contribution in [0.5, 0.6) is 0 Å². The van der Waals surface area contributed by atoms with Crippen molar-refractivity contribution in [2.45, 2.75) is 6.18 Å². The molecule has 2 aliphatic rings. The standard InChI is InChI=1S/C22H16ClF4NO4/c23-15-3-2-14(22(25,26)27)9-13(15)11-18-20(29)19(21(30)32-18)12-1-4-17(16(24)10-12)28-5-7-31-8-6-28/h1-4,9-11,29H,5-8H2/b18-11-. The van der Waals surface area contributed by atoms with Crippen molar-refractivity contribution >= 4 is 34.9 Å². The Morgan fingerprint density at radius 2 is 1.81 bits per heavy atom. The molecule has 0 radical (unpaired) electrons. The molecule has 2 aliphatic heterocycles. The number of halogens is 5. The summed E-state index contributed by atoms with van der Waals surface area (Å²) in [6.45, 7) is 1.95. The largest absolute Gasteiger partial charge is 0.504 e. The van der Waals surface area contributed by atoms with Gasteiger partial charge < -0.3 is 19.5 Å². The third kappa shape index (κ3) is 4.31. The van der Waals surface area contributed by atoms with Gasteiger partial charge in [0.1, 0.15) is 11.4 Å². The summed E-state index contributed by atoms with van der Waals surface area (Å²) in [7, 11) is 0. The third-order valence-electron chi connectivity index (χ3n) is 5.08. The number of hydrogen-bond acceptors (Lipinski definition) is 5. The molecule has 1 fully saturated rings. The van der Waals surface area contributed by atoms with Crippen LogP contribution in [-0.2, 0) is 20.4 Å². The van der Waals surface area contributed by atoms with Crippen molar-refractivity contribution in [2.75, 3.05) is 31.2 Å². The number of rotatable bonds is 3. The maximum atomic E-state index is 14.7. The van der Waals surface area contributed by atoms with Crippen LogP contribution in [-0.4, -0.2) is 37.4 Å². The summed E-state index contributed by atoms with van der Waals surface area (Å²) in [5.41, 5.74) is -0.962. The molecule has 5 nitrogen and oxygen atoms in total. The second-order valence-corrected chi connectivity index (χ2v) is 7.53. The minimum absolute atomic E-state index is 0.0382. The smallest absolute Gasteiger partial charge is 0.416 e. The molecule has 0 aromatic heterocycles. The summed E-state index contributed by atoms with van der Waals surface area (Å²) < 4.78 is 63.9. The number of ether oxygens (including phenoxy) is 2. The zero-order valence-corrected chi connectivity index (χ0v) is 17.1. The summed E-state index contributed by atoms with van der Waals surface area (Å²) in [4.78, 5) is 14.1. The molecule has 0 saturated carbocycles. The molecule has 2 aromatic rings. The molecule has 0 bridgehead atoms. The van der Waals surface area contributed by atoms with E-state index in [1.165, 1.54) is 12.1 Å². The fourth-order valence-corrected chi connectivity index (χ4v) is 3.64. The van der Waals surface area contributed by atoms with E-state index in [9.17, 15) is 27.5 Å². The van der Waals surface area contributed by atoms with Crippen LogP contribution in [0.2, 0.25) is 5.02 Å². The predicted molar refractivity (Wildman–Crippen MR) is 110 cm³/mol. The molecule has 0 spiro atoms. The minimum Gasteiger partial charge on any atom is -0.504 e. The van der Waals surface area contributed by atoms with E-state index in [4.69, 9.17) is 21.1 Å². The van der Waals surface area contributed by atoms with Crippen molar-refractivity contribution in [3.63, 3.8) is 0 Å². The maximum absolute atomic E-state index is 14.7. The quantitative estimate of drug-likeness (QED) is 0.494. The van der Waals surface area contributed by atoms with Gasteiger partial charge >= 0.3 is 12.1 Å². The summed E-state index contributed by atoms with van der Waals surface area (Å²) in [5, 5.41) is 10.5. The minimum atomic E-state index is -4.60. The molecule has 0 unspecified atom stereocenters. The van der Waals surface area contributed by atoms with Crippen LogP contribution in [0.15, 0.2) is 47.9 Å². The molecule has 1 saturated heterocycles. The van der Waals surface area contributed by atoms with Gasteiger partial charge in [-0.15, -0.1) is 0 Å². The first-order valence-corrected chi connectivity index (χ1v) is 9.90. The van der Waals surface area contributed by atoms with Gasteiger partial charge in [-0.05, 0) is 47.5 Å². The number of nitrogens with zero attached hydrogens (tertiary/aromatic N) is 1. The second kappa shape index (κ2) is 8.48. The van der Waals surface area contributed by atoms with Crippen molar-refractivity contribution in [1.29, 1.82) is 0 Å². The van der Waals surface area contributed by atoms with E-state index in [0.717, 1.165) is 30.3 Å². The van der Waals surface area contributed by atoms with Crippen molar-refractivity contribution in [3.8, 4) is 0 Å². The Labute approximate surface area is 185 Å². The van der Waals surface area contributed by atoms with Gasteiger partial charge in [0.05, 0.1) is 24.5 Å². The van der Waals surface area contributed by atoms with Gasteiger partial charge in [0, 0.05) is 18.1 Å². The Balaban J connectivity index is 1.68. The maximum Gasteiger partial charge on any atom is 0.416 e. The monoisotopic (exact) mass is 469 g/mol. The number of alkyl halides is 3. The first kappa shape index (κ1) is 22.2. The van der Waals surface area contributed by atoms with Crippen LogP contribution < -0.4 is 4.90 Å². The number of hydrogen-bond donors (Lipinski definition) is 1. The summed E-state index contributed by atoms with van der Waals surface area (Å²) >= 11 is 5.96. The zero-order valence-electron chi connectivity index (χ0n) is 16.4. The van der Waals surface area contributed by atoms with Gasteiger partial charge in [0.2, 0.25) is 0 Å². The Kier molecular flexibility index (Phi) is 5.87. The highest BCUT2D eigenvalue weighted by atomic mass is 35.5. The number of benzene rings is 2. The predicted octanol–water partition coefficient (Wildman–Crippen LogP) is 5.20. The fraction of sp³-hybridized carbons (Fsp3) is 0.227. The van der Waals surface area contributed by atoms with E-state index in [1.54, 1.807) is 4.90 Å². The lowest BCUT2D eigenvalue weighted by atomic mass is 10.0. The highest BCUT2D eigenvalue weighted by Gasteiger charge is 2.33. The number of cyclic esters (lactones) is 1. The summed E-state index contributed by atoms with van der Waals surface area (Å²) in [5.74, 6) is -2.57. The lowest BCUT2D eigenvalue weighted by Crippen LogP contribution is -2.36. The zero-order chi connectivity index (χ0) is 23.0. The second-order valence-electron chi connectivity index (χ2n) is 7.12. The molecule has 0 atom stereocenters. The van der Waals surface area contributed by atoms with Gasteiger partial charge in [-0.2, -0.15) is 13.2 Å². The van der Waals surface area contributed by atoms with E-state index in [1.807, 2.05) is 0 Å². The topological polar surface area (TPSA) is 59.0 Å². The number of anilines is 1. The van der Waals surface area contributed by atoms with E-state index in [0.29, 0.717) is 32.0 Å². The summed E-state index contributed by atoms with van der Waals surface area (Å²) in [6, 6.07) is 6.67. The number of morpholine rings is 1. The first-order valence-electron chi connectivity index (χ1n) is 9.52. The van der Waals surface area contributed by atoms with Crippen LogP contribution in [0.25, 0.3) is 11.6 Å². The van der Waals surface area contributed by atoms with Crippen LogP contribution in [0.1, 0.15) is 16.7 Å². The molecular formula is C22H16ClF4NO4. The van der Waals surface area contributed by atoms with Crippen LogP contribution in [0, 0.1) is 5.82 Å². The SMILES string of the molecule is O=C1O/C(=C\c2cc(C(F)(F)F)ccc2Cl)C(O)=C1c1ccc(N2CCOCC2)c(F)c1. The molecule has 0 amide bonds. The van der Waals surface area contributed by atoms with Gasteiger partial charge in [0.15, 0.2) is 11.5 Å². The highest BCUT2D eigenvalue weighted by Crippen LogP contribution is 2.37. The van der Waals surface area contributed by atoms with Gasteiger partial charge in [-0.1, -0.05) is 17.7 Å². The highest BCUT2D eigenvalue weighted by molar-refractivity contribution is 6.32. The van der Waals surface area contributed by atoms with E-state index in [2.05, 4.69) is 0 Å². The fourth-order valence-electron chi connectivity index (χ4n) is 3.47. The average Bonchev–Trinajstić information content (AvgIpc) is 3.02. The summed E-state index contributed by atoms with van der Waals surface area (Å²) in [6.07, 6.45) is -3.58. The number of carbonyl (C=O) groups is 1. The molecule has 2 aromatic carbocycles. The Hall–Kier alpha value is -3.04. The molecule has 4 rings (SSSR count). The average molecular weight is 470 g/mol. The molecule has 2 heterocycles. The Morgan fingerprint density at radius 3 is 2.47 bits per heavy atom. The lowest BCUT2D eigenvalue weighted by molar-refractivity contribution is -0.137. The third-order valence-corrected chi connectivity index (χ3v) is 5.42. The molecule has 168 valence electrons. The number of aliphatic hydroxyl groups is 1. The van der Waals surface area contributed by atoms with Crippen LogP contribution in [0.4, 0.5) is 23.2 Å². The van der Waals surface area contributed by atoms with Crippen LogP contribution >= 0.6 is 11.6 Å². The Bertz CT molecular complexity index is 1140. The number of esters is 1. The molecule has 1 N–H and O–H groups in total. The van der Waals surface area contributed by atoms with Crippen molar-refractivity contribution in [1.82, 2.24) is 0 Å². The van der Waals surface area contributed by atoms with Crippen molar-refractivity contribution in [2.24, 2.45) is 0 Å². The van der Waals surface area contributed by atoms with Crippen molar-refractivity contribution in [3.05, 3.63) is 75.4 Å². The van der Waals surface area contributed by atoms with Crippen LogP contribution in [0.3, 0.4) is 0 Å². The number of carbonyl (C=O) groups excluding carboxylic acids is 1. The number of aliphatic hydroxyl groups excluding tert-OH is 1. The Morgan fingerprint density at radius 1 is 1.09 bits per heavy atom. The van der Waals surface area contributed by atoms with E-state index < -0.39 is 29.3 Å². The van der Waals surface area contributed by atoms with Gasteiger partial charge in [-0.25, -0.2) is 9.18 Å². The van der Waals surface area contributed by atoms with E-state index in [-0.39, 0.29) is 27.5 Å². The van der Waals surface area contributed by atoms with E-state index >= 15 is 0 Å². The first-order chi connectivity index (χ1) is 15.1. The normalized spacial score (nSPS) is 18.5. The van der Waals surface area contributed by atoms with Gasteiger partial charge in [0.25, 0.3) is 0 Å². The molecule has 10 heteroatoms. The van der Waals surface area contributed by atoms with Gasteiger partial charge in [-0.3, -0.25) is 0 Å². The lowest BCUT2D eigenvalue weighted by Gasteiger charge is -2.29. The van der Waals surface area contributed by atoms with Crippen molar-refractivity contribution < 1.29 is 36.9 Å².